The maximum Gasteiger partial charge on any atom is 0.129 e. The van der Waals surface area contributed by atoms with Gasteiger partial charge in [0.25, 0.3) is 0 Å². The summed E-state index contributed by atoms with van der Waals surface area (Å²) in [4.78, 5) is 2.52. The molecule has 2 N–H and O–H groups in total. The summed E-state index contributed by atoms with van der Waals surface area (Å²) < 4.78 is 15.2. The van der Waals surface area contributed by atoms with Crippen molar-refractivity contribution in [3.05, 3.63) is 34.1 Å². The summed E-state index contributed by atoms with van der Waals surface area (Å²) in [7, 11) is 0. The van der Waals surface area contributed by atoms with Crippen LogP contribution in [0.4, 0.5) is 4.39 Å². The first kappa shape index (κ1) is 14.5. The predicted octanol–water partition coefficient (Wildman–Crippen LogP) is 3.85. The second kappa shape index (κ2) is 6.12. The van der Waals surface area contributed by atoms with Gasteiger partial charge < -0.3 is 5.73 Å². The molecule has 0 bridgehead atoms. The van der Waals surface area contributed by atoms with Crippen LogP contribution >= 0.6 is 15.9 Å². The molecule has 1 aliphatic heterocycles. The molecule has 1 aromatic rings. The van der Waals surface area contributed by atoms with E-state index in [1.165, 1.54) is 25.7 Å². The molecule has 1 aliphatic carbocycles. The minimum Gasteiger partial charge on any atom is -0.330 e. The van der Waals surface area contributed by atoms with Crippen molar-refractivity contribution in [3.63, 3.8) is 0 Å². The number of likely N-dealkylation sites (tertiary alicyclic amines) is 1. The zero-order valence-corrected chi connectivity index (χ0v) is 13.3. The van der Waals surface area contributed by atoms with E-state index in [4.69, 9.17) is 5.73 Å². The molecule has 2 fully saturated rings. The van der Waals surface area contributed by atoms with Crippen molar-refractivity contribution >= 4 is 15.9 Å². The zero-order valence-electron chi connectivity index (χ0n) is 11.7. The maximum absolute atomic E-state index is 14.4. The lowest BCUT2D eigenvalue weighted by Crippen LogP contribution is -2.37. The molecule has 0 radical (unpaired) electrons. The first-order valence-electron chi connectivity index (χ1n) is 7.61. The minimum absolute atomic E-state index is 0.102. The molecule has 0 amide bonds. The van der Waals surface area contributed by atoms with Crippen LogP contribution in [0.3, 0.4) is 0 Å². The van der Waals surface area contributed by atoms with Gasteiger partial charge in [-0.2, -0.15) is 0 Å². The Hall–Kier alpha value is -0.450. The number of nitrogens with zero attached hydrogens (tertiary/aromatic N) is 1. The second-order valence-corrected chi connectivity index (χ2v) is 6.99. The molecule has 1 aromatic carbocycles. The third-order valence-electron chi connectivity index (χ3n) is 4.64. The van der Waals surface area contributed by atoms with E-state index >= 15 is 0 Å². The van der Waals surface area contributed by atoms with Gasteiger partial charge in [0.2, 0.25) is 0 Å². The van der Waals surface area contributed by atoms with E-state index in [1.54, 1.807) is 6.07 Å². The molecule has 20 heavy (non-hydrogen) atoms. The first-order valence-corrected chi connectivity index (χ1v) is 8.40. The number of hydrogen-bond donors (Lipinski definition) is 1. The molecule has 0 aromatic heterocycles. The molecular weight excluding hydrogens is 319 g/mol. The zero-order chi connectivity index (χ0) is 14.1. The Morgan fingerprint density at radius 2 is 2.05 bits per heavy atom. The molecule has 1 saturated heterocycles. The van der Waals surface area contributed by atoms with Crippen molar-refractivity contribution in [3.8, 4) is 0 Å². The number of benzene rings is 1. The average molecular weight is 341 g/mol. The molecule has 2 nitrogen and oxygen atoms in total. The summed E-state index contributed by atoms with van der Waals surface area (Å²) in [5, 5.41) is 0. The third kappa shape index (κ3) is 2.92. The van der Waals surface area contributed by atoms with Gasteiger partial charge in [0.15, 0.2) is 0 Å². The van der Waals surface area contributed by atoms with Crippen molar-refractivity contribution in [2.24, 2.45) is 11.7 Å². The van der Waals surface area contributed by atoms with Crippen LogP contribution in [0.5, 0.6) is 0 Å². The Kier molecular flexibility index (Phi) is 4.43. The van der Waals surface area contributed by atoms with E-state index in [9.17, 15) is 4.39 Å². The summed E-state index contributed by atoms with van der Waals surface area (Å²) in [5.41, 5.74) is 6.84. The lowest BCUT2D eigenvalue weighted by molar-refractivity contribution is 0.145. The minimum atomic E-state index is -0.102. The maximum atomic E-state index is 14.4. The Bertz CT molecular complexity index is 476. The predicted molar refractivity (Wildman–Crippen MR) is 83.0 cm³/mol. The van der Waals surface area contributed by atoms with E-state index in [-0.39, 0.29) is 11.9 Å². The molecule has 110 valence electrons. The van der Waals surface area contributed by atoms with Crippen LogP contribution in [0.25, 0.3) is 0 Å². The summed E-state index contributed by atoms with van der Waals surface area (Å²) in [6.07, 6.45) is 6.04. The van der Waals surface area contributed by atoms with E-state index < -0.39 is 0 Å². The smallest absolute Gasteiger partial charge is 0.129 e. The Balaban J connectivity index is 1.98. The van der Waals surface area contributed by atoms with Crippen LogP contribution < -0.4 is 5.73 Å². The van der Waals surface area contributed by atoms with Crippen LogP contribution in [0.2, 0.25) is 0 Å². The Morgan fingerprint density at radius 3 is 2.70 bits per heavy atom. The lowest BCUT2D eigenvalue weighted by Gasteiger charge is -2.35. The quantitative estimate of drug-likeness (QED) is 0.905. The highest BCUT2D eigenvalue weighted by molar-refractivity contribution is 9.10. The van der Waals surface area contributed by atoms with Gasteiger partial charge in [-0.15, -0.1) is 0 Å². The molecule has 1 saturated carbocycles. The molecule has 1 heterocycles. The van der Waals surface area contributed by atoms with Crippen molar-refractivity contribution in [2.45, 2.75) is 44.2 Å². The third-order valence-corrected chi connectivity index (χ3v) is 5.14. The number of hydrogen-bond acceptors (Lipinski definition) is 2. The Labute approximate surface area is 128 Å². The van der Waals surface area contributed by atoms with E-state index in [0.29, 0.717) is 18.5 Å². The normalized spacial score (nSPS) is 28.4. The molecule has 2 aliphatic rings. The van der Waals surface area contributed by atoms with Crippen LogP contribution in [0.15, 0.2) is 22.7 Å². The van der Waals surface area contributed by atoms with Gasteiger partial charge in [-0.3, -0.25) is 4.90 Å². The second-order valence-electron chi connectivity index (χ2n) is 6.07. The van der Waals surface area contributed by atoms with Crippen molar-refractivity contribution in [2.75, 3.05) is 13.1 Å². The number of halogens is 2. The molecule has 3 rings (SSSR count). The highest BCUT2D eigenvalue weighted by Crippen LogP contribution is 2.42. The van der Waals surface area contributed by atoms with Gasteiger partial charge in [-0.05, 0) is 56.8 Å². The van der Waals surface area contributed by atoms with Crippen molar-refractivity contribution in [1.29, 1.82) is 0 Å². The van der Waals surface area contributed by atoms with Crippen LogP contribution in [-0.4, -0.2) is 24.0 Å². The van der Waals surface area contributed by atoms with E-state index in [0.717, 1.165) is 23.0 Å². The van der Waals surface area contributed by atoms with Crippen molar-refractivity contribution in [1.82, 2.24) is 4.90 Å². The molecule has 0 spiro atoms. The SMILES string of the molecule is NCC1CCCCN(C2CC2)C1c1ccc(Br)cc1F. The summed E-state index contributed by atoms with van der Waals surface area (Å²) in [5.74, 6) is 0.268. The van der Waals surface area contributed by atoms with Gasteiger partial charge >= 0.3 is 0 Å². The van der Waals surface area contributed by atoms with Crippen LogP contribution in [0, 0.1) is 11.7 Å². The van der Waals surface area contributed by atoms with E-state index in [1.807, 2.05) is 12.1 Å². The summed E-state index contributed by atoms with van der Waals surface area (Å²) >= 11 is 3.35. The standard InChI is InChI=1S/C16H22BrFN2/c17-12-4-7-14(15(18)9-12)16-11(10-19)3-1-2-8-20(16)13-5-6-13/h4,7,9,11,13,16H,1-3,5-6,8,10,19H2. The van der Waals surface area contributed by atoms with E-state index in [2.05, 4.69) is 20.8 Å². The monoisotopic (exact) mass is 340 g/mol. The van der Waals surface area contributed by atoms with Gasteiger partial charge in [-0.1, -0.05) is 28.4 Å². The van der Waals surface area contributed by atoms with Gasteiger partial charge in [0, 0.05) is 22.1 Å². The van der Waals surface area contributed by atoms with Crippen molar-refractivity contribution < 1.29 is 4.39 Å². The van der Waals surface area contributed by atoms with Crippen LogP contribution in [-0.2, 0) is 0 Å². The lowest BCUT2D eigenvalue weighted by atomic mass is 9.89. The van der Waals surface area contributed by atoms with Gasteiger partial charge in [0.1, 0.15) is 5.82 Å². The molecule has 2 unspecified atom stereocenters. The average Bonchev–Trinajstić information content (AvgIpc) is 3.24. The fourth-order valence-electron chi connectivity index (χ4n) is 3.51. The number of rotatable bonds is 3. The highest BCUT2D eigenvalue weighted by atomic mass is 79.9. The number of nitrogens with two attached hydrogens (primary N) is 1. The summed E-state index contributed by atoms with van der Waals surface area (Å²) in [6.45, 7) is 1.73. The molecule has 4 heteroatoms. The molecular formula is C16H22BrFN2. The largest absolute Gasteiger partial charge is 0.330 e. The fourth-order valence-corrected chi connectivity index (χ4v) is 3.84. The fraction of sp³-hybridized carbons (Fsp3) is 0.625. The van der Waals surface area contributed by atoms with Gasteiger partial charge in [0.05, 0.1) is 0 Å². The van der Waals surface area contributed by atoms with Gasteiger partial charge in [-0.25, -0.2) is 4.39 Å². The summed E-state index contributed by atoms with van der Waals surface area (Å²) in [6, 6.07) is 6.27. The topological polar surface area (TPSA) is 29.3 Å². The molecule has 2 atom stereocenters. The van der Waals surface area contributed by atoms with Crippen LogP contribution in [0.1, 0.15) is 43.7 Å². The Morgan fingerprint density at radius 1 is 1.25 bits per heavy atom. The first-order chi connectivity index (χ1) is 9.70. The highest BCUT2D eigenvalue weighted by Gasteiger charge is 2.39.